The fourth-order valence-electron chi connectivity index (χ4n) is 7.05. The van der Waals surface area contributed by atoms with Crippen LogP contribution in [0.1, 0.15) is 177 Å². The zero-order valence-corrected chi connectivity index (χ0v) is 46.7. The van der Waals surface area contributed by atoms with E-state index >= 15 is 0 Å². The van der Waals surface area contributed by atoms with Gasteiger partial charge in [0.05, 0.1) is 7.74 Å². The minimum atomic E-state index is -1.17. The molecule has 0 aliphatic heterocycles. The molecule has 58 heavy (non-hydrogen) atoms. The first-order valence-electron chi connectivity index (χ1n) is 21.7. The van der Waals surface area contributed by atoms with E-state index in [2.05, 4.69) is 238 Å². The minimum absolute atomic E-state index is 0. The second kappa shape index (κ2) is 29.0. The van der Waals surface area contributed by atoms with Crippen molar-refractivity contribution in [1.82, 2.24) is 0 Å². The molecule has 3 rings (SSSR count). The van der Waals surface area contributed by atoms with E-state index in [0.29, 0.717) is 0 Å². The summed E-state index contributed by atoms with van der Waals surface area (Å²) < 4.78 is 0. The molecule has 0 aliphatic rings. The largest absolute Gasteiger partial charge is 4.00 e. The molecule has 0 aliphatic carbocycles. The first-order chi connectivity index (χ1) is 25.9. The Kier molecular flexibility index (Phi) is 30.4. The molecule has 0 amide bonds. The van der Waals surface area contributed by atoms with E-state index in [1.807, 2.05) is 0 Å². The molecule has 0 bridgehead atoms. The molecule has 328 valence electrons. The number of rotatable bonds is 10. The van der Waals surface area contributed by atoms with Gasteiger partial charge in [-0.2, -0.15) is 0 Å². The molecule has 3 nitrogen and oxygen atoms in total. The molecule has 0 unspecified atom stereocenters. The van der Waals surface area contributed by atoms with Gasteiger partial charge in [-0.3, -0.25) is 0 Å². The molecule has 0 radical (unpaired) electrons. The van der Waals surface area contributed by atoms with Gasteiger partial charge in [-0.1, -0.05) is 231 Å². The molecule has 0 saturated heterocycles. The van der Waals surface area contributed by atoms with Gasteiger partial charge in [0.1, 0.15) is 0 Å². The Balaban J connectivity index is -0.000000661. The van der Waals surface area contributed by atoms with Gasteiger partial charge in [0.2, 0.25) is 0 Å². The first kappa shape index (κ1) is 60.9. The minimum Gasteiger partial charge on any atom is -0.702 e. The maximum atomic E-state index is 4.61. The van der Waals surface area contributed by atoms with Crippen molar-refractivity contribution in [3.8, 4) is 0 Å². The standard InChI is InChI=1S/3C12H18N.C9H21P2Si.C6H14.Mo/c3*1-9-6-10(2)8-11(7-9)13-12(3,4)5;1-7(2)12(11-10,8(3)4)9(5)6;1-3-5-6-4-2;/h3*6-8H,1-5H3;7-9H,1-6H3;3-6H2,1-2H3;/q4*-1;;+4. The summed E-state index contributed by atoms with van der Waals surface area (Å²) in [6.45, 7) is 50.4. The van der Waals surface area contributed by atoms with Gasteiger partial charge >= 0.3 is 21.1 Å². The van der Waals surface area contributed by atoms with E-state index < -0.39 is 7.74 Å². The summed E-state index contributed by atoms with van der Waals surface area (Å²) >= 11 is 0. The molecular formula is C51H89MoN3P2Si. The van der Waals surface area contributed by atoms with Gasteiger partial charge in [0.15, 0.2) is 0 Å². The van der Waals surface area contributed by atoms with Crippen molar-refractivity contribution in [2.24, 2.45) is 0 Å². The second-order valence-electron chi connectivity index (χ2n) is 20.0. The van der Waals surface area contributed by atoms with Crippen LogP contribution in [0, 0.1) is 41.5 Å². The van der Waals surface area contributed by atoms with E-state index in [4.69, 9.17) is 0 Å². The second-order valence-corrected chi connectivity index (χ2v) is 30.2. The van der Waals surface area contributed by atoms with Crippen molar-refractivity contribution in [2.45, 2.75) is 218 Å². The molecule has 3 aromatic carbocycles. The predicted molar refractivity (Wildman–Crippen MR) is 271 cm³/mol. The Hall–Kier alpha value is -1.43. The molecule has 0 atom stereocenters. The van der Waals surface area contributed by atoms with Crippen LogP contribution in [0.4, 0.5) is 17.1 Å². The summed E-state index contributed by atoms with van der Waals surface area (Å²) in [5, 5.41) is 13.8. The third-order valence-corrected chi connectivity index (χ3v) is 23.6. The van der Waals surface area contributed by atoms with Crippen LogP contribution in [0.2, 0.25) is 16.6 Å². The topological polar surface area (TPSA) is 42.3 Å². The number of hydrogen-bond donors (Lipinski definition) is 0. The van der Waals surface area contributed by atoms with E-state index in [1.165, 1.54) is 66.5 Å². The Morgan fingerprint density at radius 3 is 0.741 bits per heavy atom. The van der Waals surface area contributed by atoms with Crippen LogP contribution in [0.15, 0.2) is 54.6 Å². The van der Waals surface area contributed by atoms with Gasteiger partial charge < -0.3 is 31.9 Å². The Labute approximate surface area is 381 Å². The molecule has 7 heteroatoms. The quantitative estimate of drug-likeness (QED) is 0.110. The van der Waals surface area contributed by atoms with Crippen LogP contribution in [0.5, 0.6) is 0 Å². The zero-order valence-electron chi connectivity index (χ0n) is 41.9. The maximum absolute atomic E-state index is 4.61. The van der Waals surface area contributed by atoms with Crippen LogP contribution in [-0.2, 0) is 21.1 Å². The van der Waals surface area contributed by atoms with Gasteiger partial charge in [-0.15, -0.1) is 33.7 Å². The molecule has 0 heterocycles. The van der Waals surface area contributed by atoms with Crippen LogP contribution >= 0.6 is 15.9 Å². The fourth-order valence-corrected chi connectivity index (χ4v) is 20.1. The average molecular weight is 930 g/mol. The Bertz CT molecular complexity index is 1330. The van der Waals surface area contributed by atoms with E-state index in [1.54, 1.807) is 0 Å². The van der Waals surface area contributed by atoms with Gasteiger partial charge in [0, 0.05) is 0 Å². The van der Waals surface area contributed by atoms with E-state index in [-0.39, 0.29) is 37.7 Å². The Morgan fingerprint density at radius 2 is 0.638 bits per heavy atom. The van der Waals surface area contributed by atoms with Crippen LogP contribution < -0.4 is 0 Å². The smallest absolute Gasteiger partial charge is 0.702 e. The maximum Gasteiger partial charge on any atom is 4.00 e. The number of aryl methyl sites for hydroxylation is 6. The van der Waals surface area contributed by atoms with Gasteiger partial charge in [-0.05, 0) is 58.2 Å². The number of benzene rings is 3. The fraction of sp³-hybridized carbons (Fsp3) is 0.647. The van der Waals surface area contributed by atoms with Gasteiger partial charge in [0.25, 0.3) is 0 Å². The van der Waals surface area contributed by atoms with Gasteiger partial charge in [-0.25, -0.2) is 0 Å². The SMILES string of the molecule is CC(C)[Si](P=[P-])(C(C)C)C(C)C.CCCCCC.Cc1cc(C)cc([N-]C(C)(C)C)c1.Cc1cc(C)cc([N-]C(C)(C)C)c1.Cc1cc(C)cc([N-]C(C)(C)C)c1.[Mo+4]. The Morgan fingerprint density at radius 1 is 0.448 bits per heavy atom. The van der Waals surface area contributed by atoms with Crippen molar-refractivity contribution >= 4 is 40.7 Å². The van der Waals surface area contributed by atoms with Crippen molar-refractivity contribution < 1.29 is 21.1 Å². The van der Waals surface area contributed by atoms with E-state index in [9.17, 15) is 0 Å². The molecule has 0 spiro atoms. The molecule has 0 N–H and O–H groups in total. The molecular weight excluding hydrogens is 841 g/mol. The monoisotopic (exact) mass is 932 g/mol. The third-order valence-electron chi connectivity index (χ3n) is 8.92. The molecule has 3 aromatic rings. The molecule has 0 saturated carbocycles. The summed E-state index contributed by atoms with van der Waals surface area (Å²) in [6, 6.07) is 19.2. The normalized spacial score (nSPS) is 11.5. The summed E-state index contributed by atoms with van der Waals surface area (Å²) in [4.78, 5) is 0. The van der Waals surface area contributed by atoms with E-state index in [0.717, 1.165) is 33.7 Å². The zero-order chi connectivity index (χ0) is 44.9. The van der Waals surface area contributed by atoms with Crippen LogP contribution in [0.3, 0.4) is 0 Å². The van der Waals surface area contributed by atoms with Crippen LogP contribution in [0.25, 0.3) is 16.0 Å². The molecule has 0 fully saturated rings. The first-order valence-corrected chi connectivity index (χ1v) is 26.8. The number of hydrogen-bond acceptors (Lipinski definition) is 0. The summed E-state index contributed by atoms with van der Waals surface area (Å²) in [5.74, 6) is 0. The van der Waals surface area contributed by atoms with Crippen molar-refractivity contribution in [3.63, 3.8) is 0 Å². The summed E-state index contributed by atoms with van der Waals surface area (Å²) in [6.07, 6.45) is 5.54. The third kappa shape index (κ3) is 28.9. The average Bonchev–Trinajstić information content (AvgIpc) is 2.97. The van der Waals surface area contributed by atoms with Crippen LogP contribution in [-0.4, -0.2) is 24.4 Å². The number of nitrogens with zero attached hydrogens (tertiary/aromatic N) is 3. The summed E-state index contributed by atoms with van der Waals surface area (Å²) in [5.41, 5.74) is 13.5. The molecule has 0 aromatic heterocycles. The summed E-state index contributed by atoms with van der Waals surface area (Å²) in [7, 11) is 4.77. The van der Waals surface area contributed by atoms with Crippen molar-refractivity contribution in [1.29, 1.82) is 0 Å². The van der Waals surface area contributed by atoms with Crippen molar-refractivity contribution in [3.05, 3.63) is 104 Å². The van der Waals surface area contributed by atoms with Crippen molar-refractivity contribution in [2.75, 3.05) is 0 Å². The predicted octanol–water partition coefficient (Wildman–Crippen LogP) is 20.3. The number of unbranched alkanes of at least 4 members (excludes halogenated alkanes) is 3.